The highest BCUT2D eigenvalue weighted by Crippen LogP contribution is 2.28. The van der Waals surface area contributed by atoms with Crippen LogP contribution >= 0.6 is 0 Å². The summed E-state index contributed by atoms with van der Waals surface area (Å²) in [7, 11) is 1.22. The van der Waals surface area contributed by atoms with E-state index in [1.165, 1.54) is 25.3 Å². The lowest BCUT2D eigenvalue weighted by molar-refractivity contribution is 0.0601. The van der Waals surface area contributed by atoms with Crippen molar-refractivity contribution in [3.05, 3.63) is 53.3 Å². The molecule has 0 aromatic heterocycles. The van der Waals surface area contributed by atoms with Crippen molar-refractivity contribution >= 4 is 23.0 Å². The molecule has 3 N–H and O–H groups in total. The van der Waals surface area contributed by atoms with E-state index in [1.807, 2.05) is 0 Å². The van der Waals surface area contributed by atoms with Crippen molar-refractivity contribution in [3.8, 4) is 0 Å². The average molecular weight is 296 g/mol. The van der Waals surface area contributed by atoms with Gasteiger partial charge in [0.2, 0.25) is 0 Å². The van der Waals surface area contributed by atoms with Gasteiger partial charge < -0.3 is 15.8 Å². The summed E-state index contributed by atoms with van der Waals surface area (Å²) in [6.07, 6.45) is 0. The van der Waals surface area contributed by atoms with Crippen LogP contribution in [0.5, 0.6) is 0 Å². The minimum absolute atomic E-state index is 0.0843. The summed E-state index contributed by atoms with van der Waals surface area (Å²) in [4.78, 5) is 11.3. The van der Waals surface area contributed by atoms with E-state index in [9.17, 15) is 18.0 Å². The number of esters is 1. The minimum Gasteiger partial charge on any atom is -0.465 e. The second kappa shape index (κ2) is 5.74. The number of nitrogens with two attached hydrogens (primary N) is 1. The predicted octanol–water partition coefficient (Wildman–Crippen LogP) is 3.22. The largest absolute Gasteiger partial charge is 0.465 e. The molecule has 0 saturated heterocycles. The first-order chi connectivity index (χ1) is 9.92. The maximum atomic E-state index is 13.5. The van der Waals surface area contributed by atoms with E-state index in [2.05, 4.69) is 10.1 Å². The zero-order chi connectivity index (χ0) is 15.6. The van der Waals surface area contributed by atoms with Gasteiger partial charge in [-0.1, -0.05) is 0 Å². The predicted molar refractivity (Wildman–Crippen MR) is 71.8 cm³/mol. The number of carbonyl (C=O) groups excluding carboxylic acids is 1. The van der Waals surface area contributed by atoms with E-state index >= 15 is 0 Å². The molecule has 0 spiro atoms. The molecule has 110 valence electrons. The van der Waals surface area contributed by atoms with E-state index in [4.69, 9.17) is 5.73 Å². The molecule has 0 saturated carbocycles. The third kappa shape index (κ3) is 3.07. The summed E-state index contributed by atoms with van der Waals surface area (Å²) in [5, 5.41) is 2.43. The Morgan fingerprint density at radius 2 is 1.76 bits per heavy atom. The first-order valence-corrected chi connectivity index (χ1v) is 5.81. The van der Waals surface area contributed by atoms with Gasteiger partial charge in [0.15, 0.2) is 11.6 Å². The highest BCUT2D eigenvalue weighted by molar-refractivity contribution is 5.92. The quantitative estimate of drug-likeness (QED) is 0.674. The van der Waals surface area contributed by atoms with Crippen molar-refractivity contribution in [2.75, 3.05) is 18.2 Å². The van der Waals surface area contributed by atoms with Crippen LogP contribution < -0.4 is 11.1 Å². The average Bonchev–Trinajstić information content (AvgIpc) is 2.43. The van der Waals surface area contributed by atoms with Crippen LogP contribution in [-0.2, 0) is 4.74 Å². The van der Waals surface area contributed by atoms with Gasteiger partial charge in [0, 0.05) is 12.1 Å². The fourth-order valence-electron chi connectivity index (χ4n) is 1.72. The number of rotatable bonds is 3. The maximum absolute atomic E-state index is 13.5. The molecule has 0 atom stereocenters. The van der Waals surface area contributed by atoms with E-state index < -0.39 is 29.1 Å². The molecule has 0 fully saturated rings. The standard InChI is InChI=1S/C14H11F3N2O2/c1-21-14(20)7-2-3-12(11(18)4-7)19-13-9(16)5-8(15)6-10(13)17/h2-6,19H,18H2,1H3. The third-order valence-corrected chi connectivity index (χ3v) is 2.74. The number of nitrogens with one attached hydrogen (secondary N) is 1. The van der Waals surface area contributed by atoms with Crippen LogP contribution in [0.3, 0.4) is 0 Å². The molecule has 2 aromatic rings. The Kier molecular flexibility index (Phi) is 4.02. The molecule has 2 rings (SSSR count). The monoisotopic (exact) mass is 296 g/mol. The molecule has 4 nitrogen and oxygen atoms in total. The van der Waals surface area contributed by atoms with Crippen LogP contribution in [0, 0.1) is 17.5 Å². The fourth-order valence-corrected chi connectivity index (χ4v) is 1.72. The van der Waals surface area contributed by atoms with E-state index in [0.717, 1.165) is 0 Å². The normalized spacial score (nSPS) is 10.3. The number of anilines is 3. The lowest BCUT2D eigenvalue weighted by atomic mass is 10.1. The SMILES string of the molecule is COC(=O)c1ccc(Nc2c(F)cc(F)cc2F)c(N)c1. The molecule has 7 heteroatoms. The molecule has 0 bridgehead atoms. The number of methoxy groups -OCH3 is 1. The second-order valence-corrected chi connectivity index (χ2v) is 4.16. The molecule has 0 unspecified atom stereocenters. The molecule has 21 heavy (non-hydrogen) atoms. The number of hydrogen-bond donors (Lipinski definition) is 2. The van der Waals surface area contributed by atoms with Crippen molar-refractivity contribution in [3.63, 3.8) is 0 Å². The molecule has 0 amide bonds. The van der Waals surface area contributed by atoms with Crippen LogP contribution in [0.25, 0.3) is 0 Å². The molecule has 0 aliphatic heterocycles. The van der Waals surface area contributed by atoms with E-state index in [-0.39, 0.29) is 16.9 Å². The van der Waals surface area contributed by atoms with Crippen LogP contribution in [0.4, 0.5) is 30.2 Å². The summed E-state index contributed by atoms with van der Waals surface area (Å²) < 4.78 is 44.4. The van der Waals surface area contributed by atoms with Gasteiger partial charge in [-0.25, -0.2) is 18.0 Å². The molecular formula is C14H11F3N2O2. The van der Waals surface area contributed by atoms with Gasteiger partial charge in [-0.2, -0.15) is 0 Å². The zero-order valence-electron chi connectivity index (χ0n) is 10.9. The summed E-state index contributed by atoms with van der Waals surface area (Å²) in [6.45, 7) is 0. The fraction of sp³-hybridized carbons (Fsp3) is 0.0714. The first-order valence-electron chi connectivity index (χ1n) is 5.81. The number of benzene rings is 2. The molecule has 0 radical (unpaired) electrons. The van der Waals surface area contributed by atoms with Gasteiger partial charge in [0.1, 0.15) is 11.5 Å². The highest BCUT2D eigenvalue weighted by atomic mass is 19.1. The Morgan fingerprint density at radius 3 is 2.29 bits per heavy atom. The minimum atomic E-state index is -1.09. The van der Waals surface area contributed by atoms with Crippen LogP contribution in [0.15, 0.2) is 30.3 Å². The van der Waals surface area contributed by atoms with Gasteiger partial charge in [0.25, 0.3) is 0 Å². The van der Waals surface area contributed by atoms with Crippen LogP contribution in [0.1, 0.15) is 10.4 Å². The third-order valence-electron chi connectivity index (χ3n) is 2.74. The molecule has 0 heterocycles. The molecule has 2 aromatic carbocycles. The Balaban J connectivity index is 2.35. The summed E-state index contributed by atoms with van der Waals surface area (Å²) in [6, 6.07) is 5.13. The van der Waals surface area contributed by atoms with E-state index in [0.29, 0.717) is 12.1 Å². The van der Waals surface area contributed by atoms with Gasteiger partial charge in [-0.3, -0.25) is 0 Å². The van der Waals surface area contributed by atoms with Crippen molar-refractivity contribution in [1.82, 2.24) is 0 Å². The van der Waals surface area contributed by atoms with Crippen molar-refractivity contribution in [1.29, 1.82) is 0 Å². The Hall–Kier alpha value is -2.70. The highest BCUT2D eigenvalue weighted by Gasteiger charge is 2.14. The smallest absolute Gasteiger partial charge is 0.337 e. The van der Waals surface area contributed by atoms with Gasteiger partial charge in [-0.15, -0.1) is 0 Å². The van der Waals surface area contributed by atoms with Gasteiger partial charge >= 0.3 is 5.97 Å². The summed E-state index contributed by atoms with van der Waals surface area (Å²) in [5.41, 5.74) is 5.62. The summed E-state index contributed by atoms with van der Waals surface area (Å²) >= 11 is 0. The molecular weight excluding hydrogens is 285 g/mol. The van der Waals surface area contributed by atoms with Crippen molar-refractivity contribution < 1.29 is 22.7 Å². The molecule has 0 aliphatic carbocycles. The number of nitrogen functional groups attached to an aromatic ring is 1. The van der Waals surface area contributed by atoms with Crippen LogP contribution in [-0.4, -0.2) is 13.1 Å². The zero-order valence-corrected chi connectivity index (χ0v) is 10.9. The Morgan fingerprint density at radius 1 is 1.14 bits per heavy atom. The number of halogens is 3. The number of hydrogen-bond acceptors (Lipinski definition) is 4. The van der Waals surface area contributed by atoms with Crippen molar-refractivity contribution in [2.45, 2.75) is 0 Å². The summed E-state index contributed by atoms with van der Waals surface area (Å²) in [5.74, 6) is -3.80. The number of carbonyl (C=O) groups is 1. The molecule has 0 aliphatic rings. The maximum Gasteiger partial charge on any atom is 0.337 e. The van der Waals surface area contributed by atoms with Crippen molar-refractivity contribution in [2.24, 2.45) is 0 Å². The Bertz CT molecular complexity index is 682. The van der Waals surface area contributed by atoms with E-state index in [1.54, 1.807) is 0 Å². The second-order valence-electron chi connectivity index (χ2n) is 4.16. The first kappa shape index (κ1) is 14.7. The van der Waals surface area contributed by atoms with Crippen LogP contribution in [0.2, 0.25) is 0 Å². The Labute approximate surface area is 118 Å². The van der Waals surface area contributed by atoms with Gasteiger partial charge in [0.05, 0.1) is 24.0 Å². The lowest BCUT2D eigenvalue weighted by Gasteiger charge is -2.12. The van der Waals surface area contributed by atoms with Gasteiger partial charge in [-0.05, 0) is 18.2 Å². The number of ether oxygens (including phenoxy) is 1. The topological polar surface area (TPSA) is 64.3 Å². The lowest BCUT2D eigenvalue weighted by Crippen LogP contribution is -2.05.